The normalized spacial score (nSPS) is 13.1. The van der Waals surface area contributed by atoms with Crippen LogP contribution in [0.5, 0.6) is 0 Å². The molecule has 0 aromatic rings. The summed E-state index contributed by atoms with van der Waals surface area (Å²) in [5, 5.41) is 41.5. The summed E-state index contributed by atoms with van der Waals surface area (Å²) in [4.78, 5) is 118. The van der Waals surface area contributed by atoms with Crippen molar-refractivity contribution in [3.63, 3.8) is 0 Å². The number of carboxylic acid groups (broad SMARTS) is 3. The van der Waals surface area contributed by atoms with Crippen LogP contribution in [0.3, 0.4) is 0 Å². The molecule has 0 saturated carbocycles. The van der Waals surface area contributed by atoms with Crippen LogP contribution in [-0.4, -0.2) is 158 Å². The van der Waals surface area contributed by atoms with E-state index >= 15 is 0 Å². The van der Waals surface area contributed by atoms with E-state index in [2.05, 4.69) is 26.6 Å². The number of hydrogen-bond acceptors (Lipinski definition) is 14. The van der Waals surface area contributed by atoms with Crippen molar-refractivity contribution in [2.45, 2.75) is 77.9 Å². The number of rotatable bonds is 30. The zero-order valence-corrected chi connectivity index (χ0v) is 32.7. The standard InChI is InChI=1S/C32H52N6O18S/c1-31(2,18-32(3,4)30(50)51)29(49)38-21(17-57(52,53)54)26(44)37-20(28(47)48)6-7-22(40)34-10-12-55-13-14-56-16-25(43)36-19(27(45)46)5-8-23(41)35-15-24(42)33-9-11-39/h11,19-21H,5-10,12-18H2,1-4H3,(H,33,42)(H,34,40)(H,35,41)(H,36,43)(H,37,44)(H,38,49)(H,45,46)(H,47,48)(H,50,51)(H,52,53,54). The molecule has 0 aromatic carbocycles. The van der Waals surface area contributed by atoms with Crippen LogP contribution < -0.4 is 31.9 Å². The fraction of sp³-hybridized carbons (Fsp3) is 0.688. The molecule has 0 aliphatic carbocycles. The lowest BCUT2D eigenvalue weighted by atomic mass is 9.74. The van der Waals surface area contributed by atoms with E-state index in [1.54, 1.807) is 0 Å². The summed E-state index contributed by atoms with van der Waals surface area (Å²) in [6, 6.07) is -5.16. The van der Waals surface area contributed by atoms with E-state index in [0.29, 0.717) is 6.29 Å². The molecule has 10 N–H and O–H groups in total. The van der Waals surface area contributed by atoms with Gasteiger partial charge in [-0.15, -0.1) is 0 Å². The molecule has 3 unspecified atom stereocenters. The van der Waals surface area contributed by atoms with Gasteiger partial charge in [0.1, 0.15) is 36.8 Å². The van der Waals surface area contributed by atoms with Gasteiger partial charge in [-0.25, -0.2) is 9.59 Å². The van der Waals surface area contributed by atoms with E-state index in [9.17, 15) is 76.2 Å². The Balaban J connectivity index is 4.71. The van der Waals surface area contributed by atoms with Gasteiger partial charge in [-0.2, -0.15) is 8.42 Å². The van der Waals surface area contributed by atoms with Crippen LogP contribution in [0.4, 0.5) is 0 Å². The first-order chi connectivity index (χ1) is 26.3. The van der Waals surface area contributed by atoms with Gasteiger partial charge < -0.3 is 61.5 Å². The molecule has 0 heterocycles. The molecular weight excluding hydrogens is 788 g/mol. The van der Waals surface area contributed by atoms with E-state index < -0.39 is 124 Å². The maximum Gasteiger partial charge on any atom is 0.326 e. The fourth-order valence-electron chi connectivity index (χ4n) is 4.80. The number of carbonyl (C=O) groups is 10. The molecule has 24 nitrogen and oxygen atoms in total. The van der Waals surface area contributed by atoms with E-state index in [1.807, 2.05) is 5.32 Å². The number of carboxylic acids is 3. The highest BCUT2D eigenvalue weighted by Crippen LogP contribution is 2.34. The zero-order chi connectivity index (χ0) is 44.0. The van der Waals surface area contributed by atoms with Crippen molar-refractivity contribution in [3.05, 3.63) is 0 Å². The zero-order valence-electron chi connectivity index (χ0n) is 31.9. The van der Waals surface area contributed by atoms with E-state index in [0.717, 1.165) is 0 Å². The maximum atomic E-state index is 13.0. The summed E-state index contributed by atoms with van der Waals surface area (Å²) in [5.74, 6) is -10.6. The topological polar surface area (TPSA) is 376 Å². The molecule has 0 radical (unpaired) electrons. The molecule has 0 aromatic heterocycles. The average Bonchev–Trinajstić information content (AvgIpc) is 3.09. The van der Waals surface area contributed by atoms with Gasteiger partial charge in [-0.3, -0.25) is 38.1 Å². The highest BCUT2D eigenvalue weighted by molar-refractivity contribution is 7.85. The van der Waals surface area contributed by atoms with Crippen LogP contribution in [0.2, 0.25) is 0 Å². The Labute approximate surface area is 327 Å². The Kier molecular flexibility index (Phi) is 22.8. The van der Waals surface area contributed by atoms with Gasteiger partial charge in [0.05, 0.1) is 38.3 Å². The van der Waals surface area contributed by atoms with Crippen LogP contribution in [0.1, 0.15) is 59.8 Å². The van der Waals surface area contributed by atoms with Crippen LogP contribution in [0.15, 0.2) is 0 Å². The van der Waals surface area contributed by atoms with Gasteiger partial charge >= 0.3 is 17.9 Å². The number of ether oxygens (including phenoxy) is 2. The second kappa shape index (κ2) is 25.1. The third-order valence-corrected chi connectivity index (χ3v) is 8.40. The summed E-state index contributed by atoms with van der Waals surface area (Å²) in [5.41, 5.74) is -2.86. The highest BCUT2D eigenvalue weighted by Gasteiger charge is 2.41. The van der Waals surface area contributed by atoms with Crippen LogP contribution >= 0.6 is 0 Å². The summed E-state index contributed by atoms with van der Waals surface area (Å²) in [6.45, 7) is 3.88. The predicted octanol–water partition coefficient (Wildman–Crippen LogP) is -3.83. The first-order valence-corrected chi connectivity index (χ1v) is 18.9. The monoisotopic (exact) mass is 840 g/mol. The molecule has 3 atom stereocenters. The molecule has 6 amide bonds. The molecule has 324 valence electrons. The number of amides is 6. The number of aldehydes is 1. The third-order valence-electron chi connectivity index (χ3n) is 7.65. The Bertz CT molecular complexity index is 1570. The molecule has 0 aliphatic rings. The molecule has 0 spiro atoms. The SMILES string of the molecule is CC(C)(CC(C)(C)C(=O)NC(CS(=O)(=O)O)C(=O)NC(CCC(=O)NCCOCCOCC(=O)NC(CCC(=O)NCC(=O)NCC=O)C(=O)O)C(=O)O)C(=O)O. The first kappa shape index (κ1) is 51.7. The lowest BCUT2D eigenvalue weighted by Crippen LogP contribution is -2.56. The fourth-order valence-corrected chi connectivity index (χ4v) is 5.46. The number of aliphatic carboxylic acids is 3. The van der Waals surface area contributed by atoms with Crippen LogP contribution in [0.25, 0.3) is 0 Å². The average molecular weight is 841 g/mol. The lowest BCUT2D eigenvalue weighted by Gasteiger charge is -2.32. The minimum atomic E-state index is -4.90. The van der Waals surface area contributed by atoms with Gasteiger partial charge in [0.2, 0.25) is 35.4 Å². The van der Waals surface area contributed by atoms with Crippen molar-refractivity contribution in [1.29, 1.82) is 0 Å². The summed E-state index contributed by atoms with van der Waals surface area (Å²) < 4.78 is 42.9. The molecule has 0 bridgehead atoms. The Morgan fingerprint density at radius 2 is 1.21 bits per heavy atom. The van der Waals surface area contributed by atoms with Crippen molar-refractivity contribution >= 4 is 69.8 Å². The second-order valence-corrected chi connectivity index (χ2v) is 15.2. The maximum absolute atomic E-state index is 13.0. The van der Waals surface area contributed by atoms with Crippen LogP contribution in [-0.2, 0) is 67.5 Å². The Morgan fingerprint density at radius 1 is 0.667 bits per heavy atom. The third kappa shape index (κ3) is 23.4. The molecule has 0 aliphatic heterocycles. The summed E-state index contributed by atoms with van der Waals surface area (Å²) >= 11 is 0. The van der Waals surface area contributed by atoms with Gasteiger partial charge in [-0.1, -0.05) is 13.8 Å². The van der Waals surface area contributed by atoms with E-state index in [1.165, 1.54) is 27.7 Å². The van der Waals surface area contributed by atoms with E-state index in [-0.39, 0.29) is 52.2 Å². The van der Waals surface area contributed by atoms with Crippen molar-refractivity contribution in [2.75, 3.05) is 51.8 Å². The summed E-state index contributed by atoms with van der Waals surface area (Å²) in [7, 11) is -4.90. The van der Waals surface area contributed by atoms with Crippen molar-refractivity contribution in [3.8, 4) is 0 Å². The lowest BCUT2D eigenvalue weighted by molar-refractivity contribution is -0.150. The predicted molar refractivity (Wildman–Crippen MR) is 192 cm³/mol. The molecule has 0 rings (SSSR count). The Morgan fingerprint density at radius 3 is 1.74 bits per heavy atom. The minimum absolute atomic E-state index is 0.0563. The number of nitrogens with one attached hydrogen (secondary N) is 6. The highest BCUT2D eigenvalue weighted by atomic mass is 32.2. The van der Waals surface area contributed by atoms with Crippen molar-refractivity contribution in [2.24, 2.45) is 10.8 Å². The van der Waals surface area contributed by atoms with Crippen molar-refractivity contribution in [1.82, 2.24) is 31.9 Å². The van der Waals surface area contributed by atoms with Gasteiger partial charge in [-0.05, 0) is 33.1 Å². The minimum Gasteiger partial charge on any atom is -0.481 e. The van der Waals surface area contributed by atoms with Crippen molar-refractivity contribution < 1.29 is 85.7 Å². The molecule has 0 saturated heterocycles. The smallest absolute Gasteiger partial charge is 0.326 e. The molecular formula is C32H52N6O18S. The Hall–Kier alpha value is -5.27. The van der Waals surface area contributed by atoms with Gasteiger partial charge in [0.25, 0.3) is 10.1 Å². The number of carbonyl (C=O) groups excluding carboxylic acids is 7. The van der Waals surface area contributed by atoms with Gasteiger partial charge in [0.15, 0.2) is 0 Å². The van der Waals surface area contributed by atoms with Crippen LogP contribution in [0, 0.1) is 10.8 Å². The van der Waals surface area contributed by atoms with E-state index in [4.69, 9.17) is 9.47 Å². The quantitative estimate of drug-likeness (QED) is 0.0188. The second-order valence-electron chi connectivity index (χ2n) is 13.7. The molecule has 25 heteroatoms. The van der Waals surface area contributed by atoms with Gasteiger partial charge in [0, 0.05) is 24.8 Å². The number of hydrogen-bond donors (Lipinski definition) is 10. The summed E-state index contributed by atoms with van der Waals surface area (Å²) in [6.07, 6.45) is -1.34. The molecule has 57 heavy (non-hydrogen) atoms. The largest absolute Gasteiger partial charge is 0.481 e. The first-order valence-electron chi connectivity index (χ1n) is 17.2. The molecule has 0 fully saturated rings.